The van der Waals surface area contributed by atoms with Crippen LogP contribution in [0.4, 0.5) is 4.79 Å². The Morgan fingerprint density at radius 1 is 0.905 bits per heavy atom. The zero-order chi connectivity index (χ0) is 30.5. The van der Waals surface area contributed by atoms with Crippen molar-refractivity contribution in [1.29, 1.82) is 0 Å². The molecular formula is C34H48N4O4. The van der Waals surface area contributed by atoms with Gasteiger partial charge in [0.1, 0.15) is 17.2 Å². The Hall–Kier alpha value is -3.39. The lowest BCUT2D eigenvalue weighted by Crippen LogP contribution is -2.69. The minimum Gasteiger partial charge on any atom is -0.444 e. The Kier molecular flexibility index (Phi) is 9.66. The number of piperidine rings is 1. The third-order valence-electron chi connectivity index (χ3n) is 7.73. The molecule has 2 aromatic carbocycles. The molecule has 2 fully saturated rings. The van der Waals surface area contributed by atoms with Gasteiger partial charge in [0.05, 0.1) is 0 Å². The molecule has 1 saturated heterocycles. The number of benzene rings is 2. The van der Waals surface area contributed by atoms with Crippen LogP contribution in [0, 0.1) is 0 Å². The number of carbonyl (C=O) groups is 3. The van der Waals surface area contributed by atoms with E-state index in [1.165, 1.54) is 5.56 Å². The second-order valence-corrected chi connectivity index (χ2v) is 13.8. The third kappa shape index (κ3) is 8.57. The monoisotopic (exact) mass is 576 g/mol. The Balaban J connectivity index is 1.65. The van der Waals surface area contributed by atoms with Crippen LogP contribution in [0.3, 0.4) is 0 Å². The summed E-state index contributed by atoms with van der Waals surface area (Å²) in [5.41, 5.74) is -0.0253. The van der Waals surface area contributed by atoms with Crippen molar-refractivity contribution < 1.29 is 19.1 Å². The molecule has 1 heterocycles. The highest BCUT2D eigenvalue weighted by Gasteiger charge is 2.54. The molecule has 8 heteroatoms. The molecule has 2 aromatic rings. The first kappa shape index (κ1) is 31.5. The number of rotatable bonds is 9. The summed E-state index contributed by atoms with van der Waals surface area (Å²) in [5, 5.41) is 6.08. The van der Waals surface area contributed by atoms with Gasteiger partial charge in [-0.3, -0.25) is 14.5 Å². The van der Waals surface area contributed by atoms with E-state index in [0.717, 1.165) is 24.9 Å². The van der Waals surface area contributed by atoms with Gasteiger partial charge in [0.2, 0.25) is 11.8 Å². The SMILES string of the molecule is CC(C)(C)NC(=O)C1(N(C(=O)[C@H](Cc2ccccc2)NC(=O)OC(C)(C)C)C2CC2)CCN(Cc2ccccc2)CC1. The van der Waals surface area contributed by atoms with Gasteiger partial charge in [0, 0.05) is 37.6 Å². The summed E-state index contributed by atoms with van der Waals surface area (Å²) in [6.45, 7) is 13.5. The van der Waals surface area contributed by atoms with Gasteiger partial charge in [-0.15, -0.1) is 0 Å². The number of nitrogens with zero attached hydrogens (tertiary/aromatic N) is 2. The van der Waals surface area contributed by atoms with Gasteiger partial charge in [0.15, 0.2) is 0 Å². The van der Waals surface area contributed by atoms with E-state index in [4.69, 9.17) is 4.74 Å². The summed E-state index contributed by atoms with van der Waals surface area (Å²) in [4.78, 5) is 46.1. The van der Waals surface area contributed by atoms with Crippen molar-refractivity contribution >= 4 is 17.9 Å². The first-order valence-electron chi connectivity index (χ1n) is 15.2. The molecule has 42 heavy (non-hydrogen) atoms. The normalized spacial score (nSPS) is 18.0. The minimum absolute atomic E-state index is 0.0393. The van der Waals surface area contributed by atoms with Gasteiger partial charge in [-0.1, -0.05) is 60.7 Å². The first-order chi connectivity index (χ1) is 19.8. The van der Waals surface area contributed by atoms with Crippen LogP contribution in [0.5, 0.6) is 0 Å². The van der Waals surface area contributed by atoms with E-state index in [-0.39, 0.29) is 17.9 Å². The van der Waals surface area contributed by atoms with Crippen LogP contribution in [-0.2, 0) is 27.3 Å². The Morgan fingerprint density at radius 2 is 1.45 bits per heavy atom. The number of likely N-dealkylation sites (tertiary alicyclic amines) is 1. The van der Waals surface area contributed by atoms with Crippen molar-refractivity contribution in [3.63, 3.8) is 0 Å². The number of hydrogen-bond donors (Lipinski definition) is 2. The molecule has 0 radical (unpaired) electrons. The molecule has 0 aromatic heterocycles. The predicted octanol–water partition coefficient (Wildman–Crippen LogP) is 5.06. The van der Waals surface area contributed by atoms with Gasteiger partial charge in [-0.05, 0) is 78.4 Å². The van der Waals surface area contributed by atoms with Crippen molar-refractivity contribution in [2.45, 2.75) is 109 Å². The summed E-state index contributed by atoms with van der Waals surface area (Å²) >= 11 is 0. The molecule has 0 bridgehead atoms. The van der Waals surface area contributed by atoms with E-state index >= 15 is 0 Å². The topological polar surface area (TPSA) is 91.0 Å². The highest BCUT2D eigenvalue weighted by molar-refractivity contribution is 5.95. The van der Waals surface area contributed by atoms with Crippen molar-refractivity contribution in [3.05, 3.63) is 71.8 Å². The van der Waals surface area contributed by atoms with Crippen LogP contribution in [0.2, 0.25) is 0 Å². The molecule has 8 nitrogen and oxygen atoms in total. The van der Waals surface area contributed by atoms with Gasteiger partial charge < -0.3 is 20.3 Å². The second-order valence-electron chi connectivity index (χ2n) is 13.8. The fourth-order valence-electron chi connectivity index (χ4n) is 5.70. The number of carbonyl (C=O) groups excluding carboxylic acids is 3. The van der Waals surface area contributed by atoms with Crippen LogP contribution in [0.25, 0.3) is 0 Å². The number of nitrogens with one attached hydrogen (secondary N) is 2. The summed E-state index contributed by atoms with van der Waals surface area (Å²) in [7, 11) is 0. The summed E-state index contributed by atoms with van der Waals surface area (Å²) < 4.78 is 5.56. The third-order valence-corrected chi connectivity index (χ3v) is 7.73. The minimum atomic E-state index is -1.01. The van der Waals surface area contributed by atoms with Crippen LogP contribution in [-0.4, -0.2) is 69.6 Å². The first-order valence-corrected chi connectivity index (χ1v) is 15.2. The summed E-state index contributed by atoms with van der Waals surface area (Å²) in [6, 6.07) is 19.1. The van der Waals surface area contributed by atoms with Crippen LogP contribution in [0.1, 0.15) is 78.4 Å². The lowest BCUT2D eigenvalue weighted by atomic mass is 9.82. The molecule has 228 valence electrons. The van der Waals surface area contributed by atoms with E-state index in [9.17, 15) is 14.4 Å². The fourth-order valence-corrected chi connectivity index (χ4v) is 5.70. The van der Waals surface area contributed by atoms with Crippen LogP contribution < -0.4 is 10.6 Å². The maximum Gasteiger partial charge on any atom is 0.408 e. The number of amides is 3. The zero-order valence-corrected chi connectivity index (χ0v) is 26.1. The molecule has 1 saturated carbocycles. The Bertz CT molecular complexity index is 1210. The molecule has 3 amide bonds. The molecule has 2 aliphatic rings. The van der Waals surface area contributed by atoms with Gasteiger partial charge in [-0.2, -0.15) is 0 Å². The molecule has 1 atom stereocenters. The average molecular weight is 577 g/mol. The molecule has 0 unspecified atom stereocenters. The van der Waals surface area contributed by atoms with Crippen molar-refractivity contribution in [3.8, 4) is 0 Å². The second kappa shape index (κ2) is 12.9. The van der Waals surface area contributed by atoms with Gasteiger partial charge >= 0.3 is 6.09 Å². The van der Waals surface area contributed by atoms with Crippen molar-refractivity contribution in [2.24, 2.45) is 0 Å². The Labute approximate surface area is 251 Å². The highest BCUT2D eigenvalue weighted by Crippen LogP contribution is 2.40. The molecule has 4 rings (SSSR count). The van der Waals surface area contributed by atoms with E-state index in [1.807, 2.05) is 74.2 Å². The zero-order valence-electron chi connectivity index (χ0n) is 26.1. The van der Waals surface area contributed by atoms with E-state index in [0.29, 0.717) is 32.4 Å². The maximum absolute atomic E-state index is 14.6. The van der Waals surface area contributed by atoms with Gasteiger partial charge in [-0.25, -0.2) is 4.79 Å². The summed E-state index contributed by atoms with van der Waals surface area (Å²) in [5.74, 6) is -0.349. The lowest BCUT2D eigenvalue weighted by molar-refractivity contribution is -0.155. The Morgan fingerprint density at radius 3 is 1.95 bits per heavy atom. The van der Waals surface area contributed by atoms with Crippen molar-refractivity contribution in [1.82, 2.24) is 20.4 Å². The molecule has 0 spiro atoms. The van der Waals surface area contributed by atoms with E-state index < -0.39 is 28.8 Å². The fraction of sp³-hybridized carbons (Fsp3) is 0.559. The largest absolute Gasteiger partial charge is 0.444 e. The lowest BCUT2D eigenvalue weighted by Gasteiger charge is -2.49. The summed E-state index contributed by atoms with van der Waals surface area (Å²) in [6.07, 6.45) is 2.39. The van der Waals surface area contributed by atoms with E-state index in [1.54, 1.807) is 20.8 Å². The number of ether oxygens (including phenoxy) is 1. The maximum atomic E-state index is 14.6. The van der Waals surface area contributed by atoms with Crippen molar-refractivity contribution in [2.75, 3.05) is 13.1 Å². The van der Waals surface area contributed by atoms with E-state index in [2.05, 4.69) is 27.7 Å². The quantitative estimate of drug-likeness (QED) is 0.435. The average Bonchev–Trinajstić information content (AvgIpc) is 3.74. The van der Waals surface area contributed by atoms with Gasteiger partial charge in [0.25, 0.3) is 0 Å². The molecule has 1 aliphatic carbocycles. The predicted molar refractivity (Wildman–Crippen MR) is 165 cm³/mol. The molecular weight excluding hydrogens is 528 g/mol. The molecule has 1 aliphatic heterocycles. The smallest absolute Gasteiger partial charge is 0.408 e. The van der Waals surface area contributed by atoms with Crippen LogP contribution >= 0.6 is 0 Å². The number of hydrogen-bond acceptors (Lipinski definition) is 5. The van der Waals surface area contributed by atoms with Crippen LogP contribution in [0.15, 0.2) is 60.7 Å². The molecule has 2 N–H and O–H groups in total. The number of alkyl carbamates (subject to hydrolysis) is 1. The highest BCUT2D eigenvalue weighted by atomic mass is 16.6. The standard InChI is InChI=1S/C34H48N4O4/c1-32(2,3)36-30(40)34(19-21-37(22-20-34)24-26-15-11-8-12-16-26)38(27-17-18-27)29(39)28(23-25-13-9-7-10-14-25)35-31(41)42-33(4,5)6/h7-16,27-28H,17-24H2,1-6H3,(H,35,41)(H,36,40)/t28-/m0/s1.